The number of ether oxygens (including phenoxy) is 4. The third-order valence-corrected chi connectivity index (χ3v) is 12.6. The number of nitrogens with zero attached hydrogens (tertiary/aromatic N) is 4. The van der Waals surface area contributed by atoms with Crippen LogP contribution in [-0.2, 0) is 30.4 Å². The molecule has 0 amide bonds. The molecule has 1 aliphatic heterocycles. The van der Waals surface area contributed by atoms with Crippen LogP contribution in [0.1, 0.15) is 124 Å². The van der Waals surface area contributed by atoms with Crippen molar-refractivity contribution in [1.82, 2.24) is 14.7 Å². The van der Waals surface area contributed by atoms with Crippen molar-refractivity contribution in [3.05, 3.63) is 117 Å². The molecule has 1 saturated heterocycles. The van der Waals surface area contributed by atoms with Gasteiger partial charge in [-0.3, -0.25) is 9.59 Å². The Balaban J connectivity index is 0.000000198. The molecule has 390 valence electrons. The lowest BCUT2D eigenvalue weighted by Gasteiger charge is -2.22. The van der Waals surface area contributed by atoms with E-state index in [0.29, 0.717) is 26.1 Å². The minimum absolute atomic E-state index is 0.205. The highest BCUT2D eigenvalue weighted by Crippen LogP contribution is 2.31. The summed E-state index contributed by atoms with van der Waals surface area (Å²) in [5.74, 6) is 6.97. The highest BCUT2D eigenvalue weighted by atomic mass is 16.5. The van der Waals surface area contributed by atoms with Gasteiger partial charge in [-0.05, 0) is 214 Å². The number of phenolic OH excluding ortho intramolecular Hbond substituents is 1. The van der Waals surface area contributed by atoms with Gasteiger partial charge in [-0.25, -0.2) is 5.90 Å². The summed E-state index contributed by atoms with van der Waals surface area (Å²) in [6.07, 6.45) is 14.0. The highest BCUT2D eigenvalue weighted by molar-refractivity contribution is 6.02. The van der Waals surface area contributed by atoms with E-state index in [2.05, 4.69) is 58.0 Å². The molecule has 0 spiro atoms. The molecule has 15 heteroatoms. The molecule has 15 nitrogen and oxygen atoms in total. The number of hydrogen-bond acceptors (Lipinski definition) is 15. The first-order chi connectivity index (χ1) is 34.3. The maximum Gasteiger partial charge on any atom is 0.163 e. The van der Waals surface area contributed by atoms with Crippen LogP contribution in [0.3, 0.4) is 0 Å². The van der Waals surface area contributed by atoms with Crippen LogP contribution in [-0.4, -0.2) is 142 Å². The molecule has 4 aliphatic carbocycles. The molecule has 7 N–H and O–H groups in total. The van der Waals surface area contributed by atoms with Gasteiger partial charge >= 0.3 is 0 Å². The molecule has 71 heavy (non-hydrogen) atoms. The van der Waals surface area contributed by atoms with Gasteiger partial charge in [0.15, 0.2) is 11.6 Å². The number of aryl methyl sites for hydroxylation is 4. The van der Waals surface area contributed by atoms with Gasteiger partial charge in [0.1, 0.15) is 42.8 Å². The lowest BCUT2D eigenvalue weighted by Crippen LogP contribution is -2.20. The number of aromatic hydroxyl groups is 1. The van der Waals surface area contributed by atoms with E-state index in [9.17, 15) is 9.59 Å². The topological polar surface area (TPSA) is 206 Å². The van der Waals surface area contributed by atoms with Crippen molar-refractivity contribution < 1.29 is 44.1 Å². The number of carbonyl (C=O) groups excluding carboxylic acids is 2. The molecule has 1 fully saturated rings. The Bertz CT molecular complexity index is 2250. The Hall–Kier alpha value is -5.39. The zero-order chi connectivity index (χ0) is 51.5. The Morgan fingerprint density at radius 2 is 0.972 bits per heavy atom. The van der Waals surface area contributed by atoms with Crippen LogP contribution in [0, 0.1) is 0 Å². The summed E-state index contributed by atoms with van der Waals surface area (Å²) in [7, 11) is 12.2. The first kappa shape index (κ1) is 58.2. The zero-order valence-electron chi connectivity index (χ0n) is 43.3. The molecular formula is C56H82N6O9. The molecule has 1 atom stereocenters. The minimum atomic E-state index is 0.205. The minimum Gasteiger partial charge on any atom is -0.508 e. The largest absolute Gasteiger partial charge is 0.508 e. The van der Waals surface area contributed by atoms with Gasteiger partial charge in [0, 0.05) is 68.4 Å². The molecule has 1 heterocycles. The number of hydrogen-bond donors (Lipinski definition) is 5. The molecular weight excluding hydrogens is 901 g/mol. The van der Waals surface area contributed by atoms with Crippen LogP contribution in [0.25, 0.3) is 0 Å². The zero-order valence-corrected chi connectivity index (χ0v) is 43.3. The Kier molecular flexibility index (Phi) is 26.1. The lowest BCUT2D eigenvalue weighted by atomic mass is 9.88. The standard InChI is InChI=1S/C14H20N2O2.C14H22N2O.C14H19NO2.C10H10O2.C4H8O.H3NO/c1-16(2)8-9-18-12-6-7-13-11(10-12)4-3-5-14(13)15-17;1-16(2)8-9-17-12-6-7-13-11(10-12)4-3-5-14(13)15;1-15(2)8-9-17-12-6-7-13-11(10-12)4-3-5-14(13)16;11-8-4-5-9-7(6-8)2-1-3-10(9)12;1-2-4-5-3-1;1-2/h6-7,10,17H,3-5,8-9H2,1-2H3;6-7,10,14H,3-5,8-9,15H2,1-2H3;6-7,10H,3-5,8-9H2,1-2H3;4-6,11H,1-3H2;1-4H2;2H,1H2/b15-14+;;;;;. The van der Waals surface area contributed by atoms with Crippen molar-refractivity contribution in [3.63, 3.8) is 0 Å². The summed E-state index contributed by atoms with van der Waals surface area (Å²) in [6.45, 7) is 6.84. The van der Waals surface area contributed by atoms with Crippen LogP contribution >= 0.6 is 0 Å². The average molecular weight is 983 g/mol. The van der Waals surface area contributed by atoms with Crippen molar-refractivity contribution in [1.29, 1.82) is 0 Å². The van der Waals surface area contributed by atoms with E-state index in [1.165, 1.54) is 36.0 Å². The van der Waals surface area contributed by atoms with Gasteiger partial charge in [-0.15, -0.1) is 0 Å². The molecule has 4 aromatic rings. The van der Waals surface area contributed by atoms with Crippen molar-refractivity contribution in [2.45, 2.75) is 95.9 Å². The second-order valence-electron chi connectivity index (χ2n) is 19.1. The smallest absolute Gasteiger partial charge is 0.163 e. The number of phenols is 1. The van der Waals surface area contributed by atoms with Gasteiger partial charge in [0.2, 0.25) is 0 Å². The van der Waals surface area contributed by atoms with E-state index < -0.39 is 0 Å². The summed E-state index contributed by atoms with van der Waals surface area (Å²) in [4.78, 5) is 29.3. The lowest BCUT2D eigenvalue weighted by molar-refractivity contribution is 0.0964. The third-order valence-electron chi connectivity index (χ3n) is 12.6. The number of ketones is 2. The second kappa shape index (κ2) is 31.8. The summed E-state index contributed by atoms with van der Waals surface area (Å²) < 4.78 is 22.1. The second-order valence-corrected chi connectivity index (χ2v) is 19.1. The number of rotatable bonds is 12. The van der Waals surface area contributed by atoms with Crippen LogP contribution in [0.5, 0.6) is 23.0 Å². The Morgan fingerprint density at radius 1 is 0.549 bits per heavy atom. The van der Waals surface area contributed by atoms with Gasteiger partial charge < -0.3 is 54.9 Å². The molecule has 5 aliphatic rings. The van der Waals surface area contributed by atoms with E-state index >= 15 is 0 Å². The van der Waals surface area contributed by atoms with Gasteiger partial charge in [0.05, 0.1) is 5.71 Å². The molecule has 0 saturated carbocycles. The van der Waals surface area contributed by atoms with E-state index in [1.54, 1.807) is 18.2 Å². The van der Waals surface area contributed by atoms with E-state index in [4.69, 9.17) is 40.2 Å². The van der Waals surface area contributed by atoms with Crippen LogP contribution in [0.15, 0.2) is 78.0 Å². The molecule has 0 aromatic heterocycles. The fraction of sp³-hybridized carbons (Fsp3) is 0.518. The number of benzene rings is 4. The number of oxime groups is 1. The maximum atomic E-state index is 11.7. The predicted molar refractivity (Wildman–Crippen MR) is 281 cm³/mol. The highest BCUT2D eigenvalue weighted by Gasteiger charge is 2.20. The fourth-order valence-corrected chi connectivity index (χ4v) is 8.65. The van der Waals surface area contributed by atoms with Gasteiger partial charge in [0.25, 0.3) is 0 Å². The average Bonchev–Trinajstić information content (AvgIpc) is 3.96. The summed E-state index contributed by atoms with van der Waals surface area (Å²) in [6, 6.07) is 23.3. The predicted octanol–water partition coefficient (Wildman–Crippen LogP) is 8.29. The number of fused-ring (bicyclic) bond motifs is 4. The Morgan fingerprint density at radius 3 is 1.45 bits per heavy atom. The monoisotopic (exact) mass is 983 g/mol. The molecule has 0 radical (unpaired) electrons. The quantitative estimate of drug-likeness (QED) is 0.0669. The number of Topliss-reactive ketones (excluding diaryl/α,β-unsaturated/α-hetero) is 2. The molecule has 0 bridgehead atoms. The third kappa shape index (κ3) is 20.3. The van der Waals surface area contributed by atoms with Gasteiger partial charge in [-0.1, -0.05) is 11.2 Å². The van der Waals surface area contributed by atoms with Gasteiger partial charge in [-0.2, -0.15) is 0 Å². The molecule has 4 aromatic carbocycles. The van der Waals surface area contributed by atoms with Crippen LogP contribution < -0.4 is 25.8 Å². The number of carbonyl (C=O) groups is 2. The SMILES string of the molecule is C1CCOC1.CN(C)CCOc1ccc2c(c1)CCC/C2=N\O.CN(C)CCOc1ccc2c(c1)CCCC2=O.CN(C)CCOc1ccc2c(c1)CCCC2N.NO.O=C1CCCc2cc(O)ccc21. The first-order valence-electron chi connectivity index (χ1n) is 25.2. The summed E-state index contributed by atoms with van der Waals surface area (Å²) in [5.41, 5.74) is 15.6. The van der Waals surface area contributed by atoms with Crippen molar-refractivity contribution >= 4 is 17.3 Å². The normalized spacial score (nSPS) is 16.9. The van der Waals surface area contributed by atoms with Crippen molar-refractivity contribution in [2.75, 3.05) is 95.0 Å². The summed E-state index contributed by atoms with van der Waals surface area (Å²) in [5, 5.41) is 28.0. The van der Waals surface area contributed by atoms with Crippen LogP contribution in [0.2, 0.25) is 0 Å². The van der Waals surface area contributed by atoms with E-state index in [1.807, 2.05) is 64.6 Å². The first-order valence-corrected chi connectivity index (χ1v) is 25.2. The van der Waals surface area contributed by atoms with Crippen molar-refractivity contribution in [3.8, 4) is 23.0 Å². The molecule has 1 unspecified atom stereocenters. The number of nitrogens with two attached hydrogens (primary N) is 2. The van der Waals surface area contributed by atoms with E-state index in [-0.39, 0.29) is 23.4 Å². The Labute approximate surface area is 422 Å². The fourth-order valence-electron chi connectivity index (χ4n) is 8.65. The van der Waals surface area contributed by atoms with Crippen molar-refractivity contribution in [2.24, 2.45) is 16.8 Å². The van der Waals surface area contributed by atoms with E-state index in [0.717, 1.165) is 148 Å². The summed E-state index contributed by atoms with van der Waals surface area (Å²) >= 11 is 0. The maximum absolute atomic E-state index is 11.7. The van der Waals surface area contributed by atoms with Crippen LogP contribution in [0.4, 0.5) is 0 Å². The number of likely N-dealkylation sites (N-methyl/N-ethyl adjacent to an activating group) is 3. The molecule has 9 rings (SSSR count).